The molecule has 0 bridgehead atoms. The van der Waals surface area contributed by atoms with Crippen LogP contribution < -0.4 is 5.73 Å². The number of hydrogen-bond acceptors (Lipinski definition) is 2. The summed E-state index contributed by atoms with van der Waals surface area (Å²) in [5.41, 5.74) is 7.64. The number of hydrogen-bond donors (Lipinski definition) is 1. The van der Waals surface area contributed by atoms with Gasteiger partial charge in [0.2, 0.25) is 0 Å². The molecule has 0 spiro atoms. The smallest absolute Gasteiger partial charge is 0.0696 e. The van der Waals surface area contributed by atoms with Gasteiger partial charge in [-0.1, -0.05) is 40.0 Å². The van der Waals surface area contributed by atoms with E-state index in [1.165, 1.54) is 25.0 Å². The molecule has 2 N–H and O–H groups in total. The Balaban J connectivity index is 2.85. The fraction of sp³-hybridized carbons (Fsp3) is 0.786. The molecular formula is C14H26BrN3. The largest absolute Gasteiger partial charge is 0.322 e. The van der Waals surface area contributed by atoms with Gasteiger partial charge in [-0.25, -0.2) is 0 Å². The minimum atomic E-state index is 0.0879. The monoisotopic (exact) mass is 315 g/mol. The van der Waals surface area contributed by atoms with E-state index in [2.05, 4.69) is 46.5 Å². The third kappa shape index (κ3) is 3.82. The highest BCUT2D eigenvalue weighted by Gasteiger charge is 2.23. The Bertz CT molecular complexity index is 349. The van der Waals surface area contributed by atoms with Crippen molar-refractivity contribution in [2.75, 3.05) is 0 Å². The molecule has 1 aromatic rings. The summed E-state index contributed by atoms with van der Waals surface area (Å²) in [6, 6.07) is 0.0879. The van der Waals surface area contributed by atoms with Crippen LogP contribution in [-0.2, 0) is 6.54 Å². The number of nitrogens with two attached hydrogens (primary N) is 1. The van der Waals surface area contributed by atoms with E-state index in [9.17, 15) is 0 Å². The second-order valence-corrected chi connectivity index (χ2v) is 5.79. The van der Waals surface area contributed by atoms with Gasteiger partial charge in [-0.3, -0.25) is 4.68 Å². The van der Waals surface area contributed by atoms with Crippen LogP contribution in [0.4, 0.5) is 0 Å². The van der Waals surface area contributed by atoms with Crippen LogP contribution in [0.15, 0.2) is 10.7 Å². The summed E-state index contributed by atoms with van der Waals surface area (Å²) in [6.07, 6.45) is 7.78. The average molecular weight is 316 g/mol. The predicted octanol–water partition coefficient (Wildman–Crippen LogP) is 4.27. The van der Waals surface area contributed by atoms with Crippen molar-refractivity contribution in [1.82, 2.24) is 9.78 Å². The summed E-state index contributed by atoms with van der Waals surface area (Å²) >= 11 is 3.59. The Kier molecular flexibility index (Phi) is 6.94. The van der Waals surface area contributed by atoms with E-state index >= 15 is 0 Å². The SMILES string of the molecule is CCCCC(CC)C(N)c1c(Br)cnn1CCC. The van der Waals surface area contributed by atoms with Gasteiger partial charge < -0.3 is 5.73 Å². The molecule has 0 aromatic carbocycles. The molecule has 0 saturated carbocycles. The minimum Gasteiger partial charge on any atom is -0.322 e. The molecule has 0 saturated heterocycles. The van der Waals surface area contributed by atoms with E-state index in [0.717, 1.165) is 23.9 Å². The van der Waals surface area contributed by atoms with Crippen molar-refractivity contribution in [3.63, 3.8) is 0 Å². The lowest BCUT2D eigenvalue weighted by Gasteiger charge is -2.24. The number of unbranched alkanes of at least 4 members (excludes halogenated alkanes) is 1. The van der Waals surface area contributed by atoms with Crippen LogP contribution in [0.1, 0.15) is 64.6 Å². The molecule has 0 aliphatic carbocycles. The fourth-order valence-electron chi connectivity index (χ4n) is 2.42. The van der Waals surface area contributed by atoms with E-state index in [1.807, 2.05) is 6.20 Å². The summed E-state index contributed by atoms with van der Waals surface area (Å²) in [5.74, 6) is 0.550. The third-order valence-corrected chi connectivity index (χ3v) is 4.16. The van der Waals surface area contributed by atoms with Crippen molar-refractivity contribution >= 4 is 15.9 Å². The lowest BCUT2D eigenvalue weighted by Crippen LogP contribution is -2.25. The topological polar surface area (TPSA) is 43.8 Å². The van der Waals surface area contributed by atoms with Crippen molar-refractivity contribution in [3.05, 3.63) is 16.4 Å². The lowest BCUT2D eigenvalue weighted by molar-refractivity contribution is 0.357. The van der Waals surface area contributed by atoms with Gasteiger partial charge in [0.15, 0.2) is 0 Å². The normalized spacial score (nSPS) is 14.7. The van der Waals surface area contributed by atoms with Crippen molar-refractivity contribution in [2.24, 2.45) is 11.7 Å². The first-order chi connectivity index (χ1) is 8.65. The zero-order chi connectivity index (χ0) is 13.5. The number of aryl methyl sites for hydroxylation is 1. The highest BCUT2D eigenvalue weighted by molar-refractivity contribution is 9.10. The first-order valence-electron chi connectivity index (χ1n) is 7.12. The van der Waals surface area contributed by atoms with Gasteiger partial charge in [-0.05, 0) is 34.7 Å². The van der Waals surface area contributed by atoms with E-state index in [4.69, 9.17) is 5.73 Å². The summed E-state index contributed by atoms with van der Waals surface area (Å²) < 4.78 is 3.11. The summed E-state index contributed by atoms with van der Waals surface area (Å²) in [5, 5.41) is 4.41. The number of aromatic nitrogens is 2. The van der Waals surface area contributed by atoms with Crippen LogP contribution in [0.25, 0.3) is 0 Å². The molecule has 2 atom stereocenters. The van der Waals surface area contributed by atoms with E-state index < -0.39 is 0 Å². The summed E-state index contributed by atoms with van der Waals surface area (Å²) in [4.78, 5) is 0. The molecule has 18 heavy (non-hydrogen) atoms. The number of rotatable bonds is 8. The van der Waals surface area contributed by atoms with Crippen molar-refractivity contribution in [1.29, 1.82) is 0 Å². The molecule has 1 heterocycles. The van der Waals surface area contributed by atoms with E-state index in [0.29, 0.717) is 5.92 Å². The second kappa shape index (κ2) is 7.95. The van der Waals surface area contributed by atoms with E-state index in [-0.39, 0.29) is 6.04 Å². The fourth-order valence-corrected chi connectivity index (χ4v) is 2.98. The van der Waals surface area contributed by atoms with Crippen LogP contribution in [-0.4, -0.2) is 9.78 Å². The van der Waals surface area contributed by atoms with Gasteiger partial charge in [0.25, 0.3) is 0 Å². The predicted molar refractivity (Wildman–Crippen MR) is 80.5 cm³/mol. The van der Waals surface area contributed by atoms with Gasteiger partial charge >= 0.3 is 0 Å². The zero-order valence-corrected chi connectivity index (χ0v) is 13.4. The minimum absolute atomic E-state index is 0.0879. The van der Waals surface area contributed by atoms with Crippen molar-refractivity contribution < 1.29 is 0 Å². The van der Waals surface area contributed by atoms with Gasteiger partial charge in [-0.15, -0.1) is 0 Å². The maximum atomic E-state index is 6.48. The number of halogens is 1. The molecule has 104 valence electrons. The maximum absolute atomic E-state index is 6.48. The van der Waals surface area contributed by atoms with Gasteiger partial charge in [-0.2, -0.15) is 5.10 Å². The summed E-state index contributed by atoms with van der Waals surface area (Å²) in [6.45, 7) is 7.57. The second-order valence-electron chi connectivity index (χ2n) is 4.94. The molecule has 0 fully saturated rings. The Morgan fingerprint density at radius 2 is 2.06 bits per heavy atom. The summed E-state index contributed by atoms with van der Waals surface area (Å²) in [7, 11) is 0. The molecule has 2 unspecified atom stereocenters. The van der Waals surface area contributed by atoms with Gasteiger partial charge in [0.1, 0.15) is 0 Å². The average Bonchev–Trinajstić information content (AvgIpc) is 2.72. The number of nitrogens with zero attached hydrogens (tertiary/aromatic N) is 2. The van der Waals surface area contributed by atoms with Crippen LogP contribution >= 0.6 is 15.9 Å². The Hall–Kier alpha value is -0.350. The zero-order valence-electron chi connectivity index (χ0n) is 11.8. The quantitative estimate of drug-likeness (QED) is 0.778. The molecule has 3 nitrogen and oxygen atoms in total. The van der Waals surface area contributed by atoms with E-state index in [1.54, 1.807) is 0 Å². The van der Waals surface area contributed by atoms with Crippen LogP contribution in [0.2, 0.25) is 0 Å². The van der Waals surface area contributed by atoms with Gasteiger partial charge in [0, 0.05) is 6.54 Å². The Morgan fingerprint density at radius 3 is 2.61 bits per heavy atom. The standard InChI is InChI=1S/C14H26BrN3/c1-4-7-8-11(6-3)13(16)14-12(15)10-17-18(14)9-5-2/h10-11,13H,4-9,16H2,1-3H3. The lowest BCUT2D eigenvalue weighted by atomic mass is 9.90. The van der Waals surface area contributed by atoms with Crippen molar-refractivity contribution in [2.45, 2.75) is 65.5 Å². The molecule has 0 aliphatic heterocycles. The molecule has 0 amide bonds. The highest BCUT2D eigenvalue weighted by atomic mass is 79.9. The van der Waals surface area contributed by atoms with Gasteiger partial charge in [0.05, 0.1) is 22.4 Å². The first-order valence-corrected chi connectivity index (χ1v) is 7.91. The maximum Gasteiger partial charge on any atom is 0.0696 e. The molecular weight excluding hydrogens is 290 g/mol. The highest BCUT2D eigenvalue weighted by Crippen LogP contribution is 2.31. The molecule has 1 rings (SSSR count). The molecule has 4 heteroatoms. The Morgan fingerprint density at radius 1 is 1.33 bits per heavy atom. The molecule has 0 radical (unpaired) electrons. The Labute approximate surface area is 119 Å². The van der Waals surface area contributed by atoms with Crippen LogP contribution in [0.5, 0.6) is 0 Å². The van der Waals surface area contributed by atoms with Crippen LogP contribution in [0, 0.1) is 5.92 Å². The first kappa shape index (κ1) is 15.7. The third-order valence-electron chi connectivity index (χ3n) is 3.55. The van der Waals surface area contributed by atoms with Crippen LogP contribution in [0.3, 0.4) is 0 Å². The van der Waals surface area contributed by atoms with Crippen molar-refractivity contribution in [3.8, 4) is 0 Å². The molecule has 1 aromatic heterocycles. The molecule has 0 aliphatic rings.